The average molecular weight is 357 g/mol. The lowest BCUT2D eigenvalue weighted by molar-refractivity contribution is 0.101. The molecule has 25 heavy (non-hydrogen) atoms. The second-order valence-corrected chi connectivity index (χ2v) is 8.59. The molecule has 1 fully saturated rings. The first-order chi connectivity index (χ1) is 11.9. The third kappa shape index (κ3) is 3.99. The summed E-state index contributed by atoms with van der Waals surface area (Å²) >= 11 is 0. The maximum atomic E-state index is 13.2. The lowest BCUT2D eigenvalue weighted by Gasteiger charge is -2.28. The molecule has 1 aliphatic carbocycles. The molecule has 0 N–H and O–H groups in total. The molecule has 0 bridgehead atoms. The van der Waals surface area contributed by atoms with Crippen LogP contribution in [0.2, 0.25) is 0 Å². The van der Waals surface area contributed by atoms with Gasteiger partial charge in [-0.2, -0.15) is 4.31 Å². The van der Waals surface area contributed by atoms with E-state index >= 15 is 0 Å². The van der Waals surface area contributed by atoms with Gasteiger partial charge in [0, 0.05) is 18.2 Å². The summed E-state index contributed by atoms with van der Waals surface area (Å²) in [6, 6.07) is 15.8. The predicted molar refractivity (Wildman–Crippen MR) is 97.8 cm³/mol. The normalized spacial score (nSPS) is 16.0. The molecule has 5 heteroatoms. The van der Waals surface area contributed by atoms with Gasteiger partial charge in [-0.25, -0.2) is 8.42 Å². The Labute approximate surface area is 149 Å². The van der Waals surface area contributed by atoms with Gasteiger partial charge in [0.1, 0.15) is 0 Å². The summed E-state index contributed by atoms with van der Waals surface area (Å²) in [4.78, 5) is 11.7. The molecule has 0 aliphatic heterocycles. The smallest absolute Gasteiger partial charge is 0.243 e. The number of Topliss-reactive ketones (excluding diaryl/α,β-unsaturated/α-hetero) is 1. The van der Waals surface area contributed by atoms with Gasteiger partial charge in [-0.15, -0.1) is 0 Å². The number of carbonyl (C=O) groups is 1. The molecule has 132 valence electrons. The lowest BCUT2D eigenvalue weighted by Crippen LogP contribution is -2.39. The van der Waals surface area contributed by atoms with Crippen LogP contribution in [-0.2, 0) is 16.6 Å². The van der Waals surface area contributed by atoms with Crippen molar-refractivity contribution in [2.45, 2.75) is 44.2 Å². The van der Waals surface area contributed by atoms with Crippen molar-refractivity contribution in [1.82, 2.24) is 4.31 Å². The third-order valence-electron chi connectivity index (χ3n) is 4.81. The minimum absolute atomic E-state index is 0.0438. The van der Waals surface area contributed by atoms with Gasteiger partial charge >= 0.3 is 0 Å². The molecule has 0 heterocycles. The van der Waals surface area contributed by atoms with E-state index in [1.54, 1.807) is 16.4 Å². The minimum atomic E-state index is -3.62. The standard InChI is InChI=1S/C20H23NO3S/c1-15(18-8-9-18)21(14-17-6-4-3-5-7-17)25(23,24)20-12-10-19(11-13-20)16(2)22/h3-7,10-13,15,18H,8-9,14H2,1-2H3. The minimum Gasteiger partial charge on any atom is -0.295 e. The number of benzene rings is 2. The zero-order valence-corrected chi connectivity index (χ0v) is 15.4. The largest absolute Gasteiger partial charge is 0.295 e. The van der Waals surface area contributed by atoms with Crippen LogP contribution in [-0.4, -0.2) is 24.5 Å². The molecule has 1 saturated carbocycles. The van der Waals surface area contributed by atoms with Crippen LogP contribution in [0, 0.1) is 5.92 Å². The van der Waals surface area contributed by atoms with E-state index < -0.39 is 10.0 Å². The van der Waals surface area contributed by atoms with E-state index in [1.807, 2.05) is 37.3 Å². The van der Waals surface area contributed by atoms with E-state index in [-0.39, 0.29) is 16.7 Å². The van der Waals surface area contributed by atoms with E-state index in [2.05, 4.69) is 0 Å². The highest BCUT2D eigenvalue weighted by atomic mass is 32.2. The van der Waals surface area contributed by atoms with Crippen LogP contribution >= 0.6 is 0 Å². The Balaban J connectivity index is 1.94. The number of sulfonamides is 1. The quantitative estimate of drug-likeness (QED) is 0.707. The Kier molecular flexibility index (Phi) is 5.06. The van der Waals surface area contributed by atoms with Crippen molar-refractivity contribution in [3.8, 4) is 0 Å². The SMILES string of the molecule is CC(=O)c1ccc(S(=O)(=O)N(Cc2ccccc2)C(C)C2CC2)cc1. The first-order valence-corrected chi connectivity index (χ1v) is 10.0. The fourth-order valence-electron chi connectivity index (χ4n) is 3.02. The molecule has 2 aromatic rings. The Hall–Kier alpha value is -1.98. The van der Waals surface area contributed by atoms with Crippen molar-refractivity contribution in [2.24, 2.45) is 5.92 Å². The molecular formula is C20H23NO3S. The van der Waals surface area contributed by atoms with Crippen molar-refractivity contribution in [3.63, 3.8) is 0 Å². The molecule has 1 unspecified atom stereocenters. The van der Waals surface area contributed by atoms with Gasteiger partial charge in [-0.1, -0.05) is 42.5 Å². The van der Waals surface area contributed by atoms with E-state index in [1.165, 1.54) is 19.1 Å². The van der Waals surface area contributed by atoms with E-state index in [4.69, 9.17) is 0 Å². The highest BCUT2D eigenvalue weighted by Gasteiger charge is 2.38. The van der Waals surface area contributed by atoms with Crippen LogP contribution in [0.25, 0.3) is 0 Å². The molecule has 0 aromatic heterocycles. The van der Waals surface area contributed by atoms with E-state index in [0.29, 0.717) is 18.0 Å². The fraction of sp³-hybridized carbons (Fsp3) is 0.350. The number of nitrogens with zero attached hydrogens (tertiary/aromatic N) is 1. The zero-order valence-electron chi connectivity index (χ0n) is 14.6. The summed E-state index contributed by atoms with van der Waals surface area (Å²) in [5.41, 5.74) is 1.49. The predicted octanol–water partition coefficient (Wildman–Crippen LogP) is 3.88. The summed E-state index contributed by atoms with van der Waals surface area (Å²) in [7, 11) is -3.62. The average Bonchev–Trinajstić information content (AvgIpc) is 3.45. The highest BCUT2D eigenvalue weighted by Crippen LogP contribution is 2.37. The molecule has 0 saturated heterocycles. The van der Waals surface area contributed by atoms with Crippen molar-refractivity contribution in [2.75, 3.05) is 0 Å². The Morgan fingerprint density at radius 2 is 1.68 bits per heavy atom. The number of carbonyl (C=O) groups excluding carboxylic acids is 1. The zero-order chi connectivity index (χ0) is 18.0. The lowest BCUT2D eigenvalue weighted by atomic mass is 10.2. The van der Waals surface area contributed by atoms with Crippen LogP contribution in [0.1, 0.15) is 42.6 Å². The Bertz CT molecular complexity index is 840. The van der Waals surface area contributed by atoms with Gasteiger partial charge in [0.15, 0.2) is 5.78 Å². The number of hydrogen-bond acceptors (Lipinski definition) is 3. The topological polar surface area (TPSA) is 54.5 Å². The second-order valence-electron chi connectivity index (χ2n) is 6.69. The van der Waals surface area contributed by atoms with Crippen LogP contribution in [0.5, 0.6) is 0 Å². The van der Waals surface area contributed by atoms with Crippen LogP contribution in [0.15, 0.2) is 59.5 Å². The molecule has 0 amide bonds. The summed E-state index contributed by atoms with van der Waals surface area (Å²) in [5.74, 6) is 0.353. The maximum absolute atomic E-state index is 13.2. The molecule has 1 aliphatic rings. The van der Waals surface area contributed by atoms with Gasteiger partial charge in [0.25, 0.3) is 0 Å². The number of rotatable bonds is 7. The van der Waals surface area contributed by atoms with Gasteiger partial charge in [-0.3, -0.25) is 4.79 Å². The van der Waals surface area contributed by atoms with Crippen molar-refractivity contribution >= 4 is 15.8 Å². The first-order valence-electron chi connectivity index (χ1n) is 8.56. The van der Waals surface area contributed by atoms with Gasteiger partial charge in [0.05, 0.1) is 4.90 Å². The van der Waals surface area contributed by atoms with Crippen LogP contribution in [0.3, 0.4) is 0 Å². The van der Waals surface area contributed by atoms with E-state index in [0.717, 1.165) is 18.4 Å². The second kappa shape index (κ2) is 7.10. The van der Waals surface area contributed by atoms with Crippen LogP contribution in [0.4, 0.5) is 0 Å². The maximum Gasteiger partial charge on any atom is 0.243 e. The van der Waals surface area contributed by atoms with Gasteiger partial charge < -0.3 is 0 Å². The number of ketones is 1. The summed E-state index contributed by atoms with van der Waals surface area (Å²) in [6.45, 7) is 3.82. The summed E-state index contributed by atoms with van der Waals surface area (Å²) in [5, 5.41) is 0. The Morgan fingerprint density at radius 1 is 1.08 bits per heavy atom. The third-order valence-corrected chi connectivity index (χ3v) is 6.75. The molecule has 0 radical (unpaired) electrons. The number of hydrogen-bond donors (Lipinski definition) is 0. The molecule has 3 rings (SSSR count). The molecule has 0 spiro atoms. The summed E-state index contributed by atoms with van der Waals surface area (Å²) in [6.07, 6.45) is 2.15. The molecule has 2 aromatic carbocycles. The molecule has 1 atom stereocenters. The fourth-order valence-corrected chi connectivity index (χ4v) is 4.70. The molecular weight excluding hydrogens is 334 g/mol. The van der Waals surface area contributed by atoms with Gasteiger partial charge in [-0.05, 0) is 50.3 Å². The van der Waals surface area contributed by atoms with Crippen molar-refractivity contribution < 1.29 is 13.2 Å². The van der Waals surface area contributed by atoms with Crippen molar-refractivity contribution in [3.05, 3.63) is 65.7 Å². The van der Waals surface area contributed by atoms with E-state index in [9.17, 15) is 13.2 Å². The highest BCUT2D eigenvalue weighted by molar-refractivity contribution is 7.89. The van der Waals surface area contributed by atoms with Crippen LogP contribution < -0.4 is 0 Å². The summed E-state index contributed by atoms with van der Waals surface area (Å²) < 4.78 is 28.1. The molecule has 4 nitrogen and oxygen atoms in total. The monoisotopic (exact) mass is 357 g/mol. The van der Waals surface area contributed by atoms with Gasteiger partial charge in [0.2, 0.25) is 10.0 Å². The first kappa shape index (κ1) is 17.8. The van der Waals surface area contributed by atoms with Crippen molar-refractivity contribution in [1.29, 1.82) is 0 Å². The Morgan fingerprint density at radius 3 is 2.20 bits per heavy atom.